The Morgan fingerprint density at radius 1 is 1.06 bits per heavy atom. The number of fused-ring (bicyclic) bond motifs is 5. The van der Waals surface area contributed by atoms with Crippen LogP contribution in [0.15, 0.2) is 0 Å². The molecule has 5 heteroatoms. The first-order valence-corrected chi connectivity index (χ1v) is 6.88. The molecule has 18 heavy (non-hydrogen) atoms. The van der Waals surface area contributed by atoms with Crippen molar-refractivity contribution in [1.82, 2.24) is 5.32 Å². The van der Waals surface area contributed by atoms with Gasteiger partial charge in [-0.3, -0.25) is 0 Å². The number of alkyl halides is 4. The fourth-order valence-corrected chi connectivity index (χ4v) is 4.65. The average molecular weight is 265 g/mol. The van der Waals surface area contributed by atoms with Crippen molar-refractivity contribution in [2.45, 2.75) is 50.5 Å². The molecule has 0 aromatic rings. The summed E-state index contributed by atoms with van der Waals surface area (Å²) in [6, 6.07) is 0.0407. The van der Waals surface area contributed by atoms with E-state index >= 15 is 0 Å². The molecule has 0 spiro atoms. The van der Waals surface area contributed by atoms with Crippen LogP contribution < -0.4 is 5.32 Å². The molecular formula is C13H19F4N. The quantitative estimate of drug-likeness (QED) is 0.769. The molecule has 0 aromatic carbocycles. The summed E-state index contributed by atoms with van der Waals surface area (Å²) < 4.78 is 50.0. The van der Waals surface area contributed by atoms with Crippen molar-refractivity contribution in [3.63, 3.8) is 0 Å². The largest absolute Gasteiger partial charge is 0.319 e. The molecule has 0 aliphatic heterocycles. The van der Waals surface area contributed by atoms with E-state index in [1.165, 1.54) is 19.3 Å². The van der Waals surface area contributed by atoms with Crippen molar-refractivity contribution in [3.05, 3.63) is 0 Å². The molecule has 104 valence electrons. The van der Waals surface area contributed by atoms with Crippen LogP contribution in [0.3, 0.4) is 0 Å². The highest BCUT2D eigenvalue weighted by Crippen LogP contribution is 2.58. The molecule has 5 atom stereocenters. The monoisotopic (exact) mass is 265 g/mol. The van der Waals surface area contributed by atoms with Gasteiger partial charge in [0.2, 0.25) is 0 Å². The van der Waals surface area contributed by atoms with Crippen LogP contribution >= 0.6 is 0 Å². The van der Waals surface area contributed by atoms with E-state index in [1.807, 2.05) is 0 Å². The molecule has 3 aliphatic rings. The van der Waals surface area contributed by atoms with E-state index in [1.54, 1.807) is 0 Å². The minimum absolute atomic E-state index is 0.0407. The molecule has 1 nitrogen and oxygen atoms in total. The van der Waals surface area contributed by atoms with Gasteiger partial charge in [-0.25, -0.2) is 8.78 Å². The Morgan fingerprint density at radius 3 is 2.50 bits per heavy atom. The van der Waals surface area contributed by atoms with Crippen molar-refractivity contribution in [1.29, 1.82) is 0 Å². The molecule has 2 bridgehead atoms. The van der Waals surface area contributed by atoms with E-state index in [2.05, 4.69) is 5.32 Å². The summed E-state index contributed by atoms with van der Waals surface area (Å²) in [7, 11) is 0. The SMILES string of the molecule is FC(F)C(F)(F)CNC1CC2CC1C1CCCC21. The lowest BCUT2D eigenvalue weighted by atomic mass is 9.79. The van der Waals surface area contributed by atoms with E-state index in [4.69, 9.17) is 0 Å². The third-order valence-corrected chi connectivity index (χ3v) is 5.35. The normalized spacial score (nSPS) is 42.8. The minimum atomic E-state index is -3.89. The van der Waals surface area contributed by atoms with E-state index < -0.39 is 18.9 Å². The van der Waals surface area contributed by atoms with Gasteiger partial charge < -0.3 is 5.32 Å². The van der Waals surface area contributed by atoms with Gasteiger partial charge in [-0.05, 0) is 49.4 Å². The first kappa shape index (κ1) is 12.7. The fraction of sp³-hybridized carbons (Fsp3) is 1.00. The third kappa shape index (κ3) is 1.95. The van der Waals surface area contributed by atoms with E-state index in [-0.39, 0.29) is 6.04 Å². The molecular weight excluding hydrogens is 246 g/mol. The van der Waals surface area contributed by atoms with Gasteiger partial charge in [0, 0.05) is 6.04 Å². The van der Waals surface area contributed by atoms with Gasteiger partial charge >= 0.3 is 12.3 Å². The van der Waals surface area contributed by atoms with Gasteiger partial charge in [0.1, 0.15) is 0 Å². The lowest BCUT2D eigenvalue weighted by Gasteiger charge is -2.33. The molecule has 0 aromatic heterocycles. The predicted octanol–water partition coefficient (Wildman–Crippen LogP) is 3.30. The zero-order valence-corrected chi connectivity index (χ0v) is 10.2. The summed E-state index contributed by atoms with van der Waals surface area (Å²) in [4.78, 5) is 0. The van der Waals surface area contributed by atoms with Crippen LogP contribution in [0.2, 0.25) is 0 Å². The third-order valence-electron chi connectivity index (χ3n) is 5.35. The second kappa shape index (κ2) is 4.36. The number of hydrogen-bond acceptors (Lipinski definition) is 1. The van der Waals surface area contributed by atoms with Crippen LogP contribution in [-0.4, -0.2) is 24.9 Å². The minimum Gasteiger partial charge on any atom is -0.308 e. The molecule has 3 fully saturated rings. The average Bonchev–Trinajstić information content (AvgIpc) is 2.98. The molecule has 3 rings (SSSR count). The summed E-state index contributed by atoms with van der Waals surface area (Å²) in [5.41, 5.74) is 0. The van der Waals surface area contributed by atoms with Crippen molar-refractivity contribution < 1.29 is 17.6 Å². The fourth-order valence-electron chi connectivity index (χ4n) is 4.65. The van der Waals surface area contributed by atoms with Crippen LogP contribution in [0.5, 0.6) is 0 Å². The predicted molar refractivity (Wildman–Crippen MR) is 59.8 cm³/mol. The summed E-state index contributed by atoms with van der Waals surface area (Å²) in [5, 5.41) is 2.72. The van der Waals surface area contributed by atoms with Crippen molar-refractivity contribution >= 4 is 0 Å². The van der Waals surface area contributed by atoms with E-state index in [9.17, 15) is 17.6 Å². The second-order valence-corrected chi connectivity index (χ2v) is 6.20. The van der Waals surface area contributed by atoms with Gasteiger partial charge in [0.25, 0.3) is 0 Å². The van der Waals surface area contributed by atoms with Gasteiger partial charge in [-0.1, -0.05) is 6.42 Å². The number of nitrogens with one attached hydrogen (secondary N) is 1. The first-order valence-electron chi connectivity index (χ1n) is 6.88. The Balaban J connectivity index is 1.57. The second-order valence-electron chi connectivity index (χ2n) is 6.20. The summed E-state index contributed by atoms with van der Waals surface area (Å²) in [6.07, 6.45) is 2.20. The van der Waals surface area contributed by atoms with Gasteiger partial charge in [0.05, 0.1) is 6.54 Å². The molecule has 0 heterocycles. The Bertz CT molecular complexity index is 320. The number of halogens is 4. The first-order chi connectivity index (χ1) is 8.49. The lowest BCUT2D eigenvalue weighted by Crippen LogP contribution is -2.47. The molecule has 1 N–H and O–H groups in total. The number of rotatable bonds is 4. The van der Waals surface area contributed by atoms with Gasteiger partial charge in [-0.2, -0.15) is 8.78 Å². The maximum Gasteiger partial charge on any atom is 0.319 e. The Kier molecular flexibility index (Phi) is 3.07. The standard InChI is InChI=1S/C13H19F4N/c14-12(15)13(16,17)6-18-11-5-7-4-10(11)9-3-1-2-8(7)9/h7-12,18H,1-6H2. The van der Waals surface area contributed by atoms with Crippen molar-refractivity contribution in [2.75, 3.05) is 6.54 Å². The van der Waals surface area contributed by atoms with Crippen LogP contribution in [0.1, 0.15) is 32.1 Å². The Labute approximate surface area is 104 Å². The lowest BCUT2D eigenvalue weighted by molar-refractivity contribution is -0.127. The topological polar surface area (TPSA) is 12.0 Å². The Morgan fingerprint density at radius 2 is 1.78 bits per heavy atom. The molecule has 0 saturated heterocycles. The zero-order valence-electron chi connectivity index (χ0n) is 10.2. The summed E-state index contributed by atoms with van der Waals surface area (Å²) in [5.74, 6) is -1.32. The maximum absolute atomic E-state index is 12.9. The van der Waals surface area contributed by atoms with Crippen LogP contribution in [0, 0.1) is 23.7 Å². The smallest absolute Gasteiger partial charge is 0.308 e. The maximum atomic E-state index is 12.9. The van der Waals surface area contributed by atoms with Crippen LogP contribution in [-0.2, 0) is 0 Å². The zero-order chi connectivity index (χ0) is 12.9. The van der Waals surface area contributed by atoms with Crippen molar-refractivity contribution in [2.24, 2.45) is 23.7 Å². The highest BCUT2D eigenvalue weighted by Gasteiger charge is 2.54. The summed E-state index contributed by atoms with van der Waals surface area (Å²) in [6.45, 7) is -0.879. The summed E-state index contributed by atoms with van der Waals surface area (Å²) >= 11 is 0. The number of hydrogen-bond donors (Lipinski definition) is 1. The Hall–Kier alpha value is -0.320. The molecule has 3 aliphatic carbocycles. The van der Waals surface area contributed by atoms with Crippen LogP contribution in [0.25, 0.3) is 0 Å². The van der Waals surface area contributed by atoms with E-state index in [0.717, 1.165) is 18.8 Å². The highest BCUT2D eigenvalue weighted by molar-refractivity contribution is 5.05. The van der Waals surface area contributed by atoms with Gasteiger partial charge in [0.15, 0.2) is 0 Å². The van der Waals surface area contributed by atoms with Crippen LogP contribution in [0.4, 0.5) is 17.6 Å². The molecule has 0 radical (unpaired) electrons. The highest BCUT2D eigenvalue weighted by atomic mass is 19.3. The van der Waals surface area contributed by atoms with Gasteiger partial charge in [-0.15, -0.1) is 0 Å². The molecule has 3 saturated carbocycles. The molecule has 5 unspecified atom stereocenters. The molecule has 0 amide bonds. The van der Waals surface area contributed by atoms with Crippen molar-refractivity contribution in [3.8, 4) is 0 Å². The van der Waals surface area contributed by atoms with E-state index in [0.29, 0.717) is 17.8 Å².